The molecule has 1 aromatic heterocycles. The zero-order valence-electron chi connectivity index (χ0n) is 15.9. The molecule has 2 aromatic carbocycles. The number of aliphatic hydroxyl groups is 1. The number of carbonyl (C=O) groups is 2. The first kappa shape index (κ1) is 20.8. The van der Waals surface area contributed by atoms with Crippen molar-refractivity contribution in [2.24, 2.45) is 0 Å². The van der Waals surface area contributed by atoms with Crippen molar-refractivity contribution < 1.29 is 24.2 Å². The first-order chi connectivity index (χ1) is 13.8. The number of halogens is 2. The van der Waals surface area contributed by atoms with Crippen LogP contribution in [0.25, 0.3) is 10.9 Å². The Hall–Kier alpha value is -2.90. The lowest BCUT2D eigenvalue weighted by atomic mass is 9.97. The molecule has 3 rings (SSSR count). The number of aliphatic hydroxyl groups excluding tert-OH is 1. The molecule has 1 unspecified atom stereocenters. The van der Waals surface area contributed by atoms with Gasteiger partial charge in [0.1, 0.15) is 0 Å². The Kier molecular flexibility index (Phi) is 5.91. The maximum absolute atomic E-state index is 14.1. The van der Waals surface area contributed by atoms with Crippen molar-refractivity contribution in [3.8, 4) is 5.75 Å². The molecule has 0 aliphatic heterocycles. The van der Waals surface area contributed by atoms with Gasteiger partial charge in [-0.3, -0.25) is 14.2 Å². The molecule has 29 heavy (non-hydrogen) atoms. The van der Waals surface area contributed by atoms with Crippen LogP contribution in [0.4, 0.5) is 4.39 Å². The number of phenolic OH excluding ortho intramolecular Hbond substituents is 1. The van der Waals surface area contributed by atoms with Gasteiger partial charge in [0, 0.05) is 34.3 Å². The highest BCUT2D eigenvalue weighted by Gasteiger charge is 2.27. The standard InChI is InChI=1S/C21H20ClFN2O4/c1-11(20(28)24-6-7-26)19-12(2)25(17-10-16(23)18(27)9-15(17)19)21(29)13-4-3-5-14(22)8-13/h3-5,8-11,26-27H,6-7H2,1-2H3,(H,24,28). The molecule has 0 fully saturated rings. The molecular formula is C21H20ClFN2O4. The molecule has 6 nitrogen and oxygen atoms in total. The van der Waals surface area contributed by atoms with Gasteiger partial charge < -0.3 is 15.5 Å². The van der Waals surface area contributed by atoms with E-state index in [-0.39, 0.29) is 24.6 Å². The van der Waals surface area contributed by atoms with Crippen molar-refractivity contribution in [1.82, 2.24) is 9.88 Å². The Bertz CT molecular complexity index is 1110. The fourth-order valence-electron chi connectivity index (χ4n) is 3.47. The van der Waals surface area contributed by atoms with E-state index in [1.807, 2.05) is 0 Å². The Morgan fingerprint density at radius 3 is 2.66 bits per heavy atom. The number of benzene rings is 2. The Morgan fingerprint density at radius 2 is 2.00 bits per heavy atom. The van der Waals surface area contributed by atoms with E-state index in [1.165, 1.54) is 16.7 Å². The minimum atomic E-state index is -0.876. The minimum Gasteiger partial charge on any atom is -0.505 e. The number of phenols is 1. The largest absolute Gasteiger partial charge is 0.505 e. The highest BCUT2D eigenvalue weighted by Crippen LogP contribution is 2.36. The maximum Gasteiger partial charge on any atom is 0.262 e. The van der Waals surface area contributed by atoms with Crippen molar-refractivity contribution in [3.63, 3.8) is 0 Å². The molecule has 1 heterocycles. The number of hydrogen-bond acceptors (Lipinski definition) is 4. The van der Waals surface area contributed by atoms with Crippen LogP contribution in [0.5, 0.6) is 5.75 Å². The van der Waals surface area contributed by atoms with Gasteiger partial charge in [0.25, 0.3) is 5.91 Å². The summed E-state index contributed by atoms with van der Waals surface area (Å²) >= 11 is 6.00. The molecule has 152 valence electrons. The molecule has 0 radical (unpaired) electrons. The lowest BCUT2D eigenvalue weighted by molar-refractivity contribution is -0.122. The highest BCUT2D eigenvalue weighted by atomic mass is 35.5. The average molecular weight is 419 g/mol. The van der Waals surface area contributed by atoms with Crippen LogP contribution in [-0.2, 0) is 4.79 Å². The Balaban J connectivity index is 2.23. The fraction of sp³-hybridized carbons (Fsp3) is 0.238. The van der Waals surface area contributed by atoms with E-state index in [0.717, 1.165) is 6.07 Å². The summed E-state index contributed by atoms with van der Waals surface area (Å²) in [6.07, 6.45) is 0. The van der Waals surface area contributed by atoms with E-state index in [9.17, 15) is 19.1 Å². The van der Waals surface area contributed by atoms with Crippen molar-refractivity contribution in [1.29, 1.82) is 0 Å². The number of amides is 1. The number of aromatic nitrogens is 1. The molecule has 3 aromatic rings. The van der Waals surface area contributed by atoms with Crippen LogP contribution in [0, 0.1) is 12.7 Å². The SMILES string of the molecule is Cc1c(C(C)C(=O)NCCO)c2cc(O)c(F)cc2n1C(=O)c1cccc(Cl)c1. The van der Waals surface area contributed by atoms with E-state index in [0.29, 0.717) is 27.2 Å². The number of nitrogens with zero attached hydrogens (tertiary/aromatic N) is 1. The van der Waals surface area contributed by atoms with E-state index in [4.69, 9.17) is 16.7 Å². The maximum atomic E-state index is 14.1. The third-order valence-electron chi connectivity index (χ3n) is 4.83. The van der Waals surface area contributed by atoms with E-state index >= 15 is 0 Å². The quantitative estimate of drug-likeness (QED) is 0.592. The Morgan fingerprint density at radius 1 is 1.28 bits per heavy atom. The van der Waals surface area contributed by atoms with Gasteiger partial charge in [-0.05, 0) is 43.7 Å². The second-order valence-corrected chi connectivity index (χ2v) is 7.14. The number of rotatable bonds is 5. The number of nitrogens with one attached hydrogen (secondary N) is 1. The summed E-state index contributed by atoms with van der Waals surface area (Å²) < 4.78 is 15.4. The van der Waals surface area contributed by atoms with E-state index in [1.54, 1.807) is 32.0 Å². The molecule has 0 spiro atoms. The first-order valence-electron chi connectivity index (χ1n) is 8.98. The summed E-state index contributed by atoms with van der Waals surface area (Å²) in [6.45, 7) is 3.17. The number of aromatic hydroxyl groups is 1. The summed E-state index contributed by atoms with van der Waals surface area (Å²) in [6, 6.07) is 8.65. The third-order valence-corrected chi connectivity index (χ3v) is 5.07. The predicted molar refractivity (Wildman–Crippen MR) is 108 cm³/mol. The molecule has 3 N–H and O–H groups in total. The van der Waals surface area contributed by atoms with Crippen LogP contribution >= 0.6 is 11.6 Å². The molecular weight excluding hydrogens is 399 g/mol. The summed E-state index contributed by atoms with van der Waals surface area (Å²) in [7, 11) is 0. The molecule has 0 bridgehead atoms. The Labute approximate surface area is 171 Å². The van der Waals surface area contributed by atoms with Gasteiger partial charge >= 0.3 is 0 Å². The van der Waals surface area contributed by atoms with Gasteiger partial charge in [0.15, 0.2) is 11.6 Å². The lowest BCUT2D eigenvalue weighted by Crippen LogP contribution is -2.30. The van der Waals surface area contributed by atoms with Crippen LogP contribution in [0.15, 0.2) is 36.4 Å². The third kappa shape index (κ3) is 3.83. The number of carbonyl (C=O) groups excluding carboxylic acids is 2. The van der Waals surface area contributed by atoms with Gasteiger partial charge in [0.2, 0.25) is 5.91 Å². The van der Waals surface area contributed by atoms with Crippen LogP contribution in [0.1, 0.15) is 34.5 Å². The first-order valence-corrected chi connectivity index (χ1v) is 9.36. The smallest absolute Gasteiger partial charge is 0.262 e. The van der Waals surface area contributed by atoms with Crippen LogP contribution < -0.4 is 5.32 Å². The van der Waals surface area contributed by atoms with Crippen LogP contribution in [-0.4, -0.2) is 39.7 Å². The fourth-order valence-corrected chi connectivity index (χ4v) is 3.66. The van der Waals surface area contributed by atoms with Crippen LogP contribution in [0.3, 0.4) is 0 Å². The normalized spacial score (nSPS) is 12.2. The molecule has 0 saturated carbocycles. The topological polar surface area (TPSA) is 91.6 Å². The molecule has 0 aliphatic carbocycles. The lowest BCUT2D eigenvalue weighted by Gasteiger charge is -2.13. The summed E-state index contributed by atoms with van der Waals surface area (Å²) in [5.74, 6) is -2.95. The predicted octanol–water partition coefficient (Wildman–Crippen LogP) is 3.35. The van der Waals surface area contributed by atoms with Gasteiger partial charge in [-0.25, -0.2) is 4.39 Å². The highest BCUT2D eigenvalue weighted by molar-refractivity contribution is 6.31. The number of hydrogen-bond donors (Lipinski definition) is 3. The van der Waals surface area contributed by atoms with Crippen molar-refractivity contribution in [2.45, 2.75) is 19.8 Å². The molecule has 1 atom stereocenters. The molecule has 0 saturated heterocycles. The number of fused-ring (bicyclic) bond motifs is 1. The summed E-state index contributed by atoms with van der Waals surface area (Å²) in [5, 5.41) is 22.2. The van der Waals surface area contributed by atoms with Gasteiger partial charge in [0.05, 0.1) is 18.0 Å². The molecule has 1 amide bonds. The van der Waals surface area contributed by atoms with Crippen molar-refractivity contribution >= 4 is 34.3 Å². The molecule has 8 heteroatoms. The van der Waals surface area contributed by atoms with Gasteiger partial charge in [-0.2, -0.15) is 0 Å². The summed E-state index contributed by atoms with van der Waals surface area (Å²) in [5.41, 5.74) is 1.47. The van der Waals surface area contributed by atoms with E-state index < -0.39 is 23.4 Å². The summed E-state index contributed by atoms with van der Waals surface area (Å²) in [4.78, 5) is 25.7. The van der Waals surface area contributed by atoms with E-state index in [2.05, 4.69) is 5.32 Å². The monoisotopic (exact) mass is 418 g/mol. The van der Waals surface area contributed by atoms with Gasteiger partial charge in [-0.1, -0.05) is 17.7 Å². The van der Waals surface area contributed by atoms with Crippen molar-refractivity contribution in [3.05, 3.63) is 64.1 Å². The molecule has 0 aliphatic rings. The average Bonchev–Trinajstić information content (AvgIpc) is 2.96. The minimum absolute atomic E-state index is 0.0855. The second kappa shape index (κ2) is 8.23. The van der Waals surface area contributed by atoms with Crippen LogP contribution in [0.2, 0.25) is 5.02 Å². The van der Waals surface area contributed by atoms with Crippen molar-refractivity contribution in [2.75, 3.05) is 13.2 Å². The zero-order chi connectivity index (χ0) is 21.3. The second-order valence-electron chi connectivity index (χ2n) is 6.71. The zero-order valence-corrected chi connectivity index (χ0v) is 16.6. The van der Waals surface area contributed by atoms with Gasteiger partial charge in [-0.15, -0.1) is 0 Å².